The second-order valence-corrected chi connectivity index (χ2v) is 22.6. The Morgan fingerprint density at radius 1 is 0.768 bits per heavy atom. The lowest BCUT2D eigenvalue weighted by Gasteiger charge is -2.21. The largest absolute Gasteiger partial charge is 0.531 e. The van der Waals surface area contributed by atoms with Crippen LogP contribution in [0.15, 0.2) is 82.6 Å². The number of carbonyl (C=O) groups is 2. The number of halogens is 1. The summed E-state index contributed by atoms with van der Waals surface area (Å²) >= 11 is 5.27. The normalized spacial score (nSPS) is 10.6. The molecule has 0 aliphatic heterocycles. The average Bonchev–Trinajstić information content (AvgIpc) is 3.13. The van der Waals surface area contributed by atoms with Crippen molar-refractivity contribution in [2.75, 3.05) is 39.1 Å². The zero-order chi connectivity index (χ0) is 42.1. The van der Waals surface area contributed by atoms with Crippen LogP contribution < -0.4 is 20.1 Å². The molecule has 0 saturated carbocycles. The third-order valence-corrected chi connectivity index (χ3v) is 7.90. The fraction of sp³-hybridized carbons (Fsp3) is 0.421. The number of carbonyl (C=O) groups excluding carboxylic acids is 2. The molecule has 0 atom stereocenters. The smallest absolute Gasteiger partial charge is 0.338 e. The monoisotopic (exact) mass is 834 g/mol. The van der Waals surface area contributed by atoms with Crippen LogP contribution in [-0.4, -0.2) is 92.3 Å². The van der Waals surface area contributed by atoms with Crippen molar-refractivity contribution in [2.45, 2.75) is 66.8 Å². The van der Waals surface area contributed by atoms with Crippen molar-refractivity contribution in [3.63, 3.8) is 0 Å². The van der Waals surface area contributed by atoms with E-state index in [2.05, 4.69) is 54.2 Å². The van der Waals surface area contributed by atoms with Crippen LogP contribution in [0.2, 0.25) is 39.3 Å². The highest BCUT2D eigenvalue weighted by molar-refractivity contribution is 6.70. The lowest BCUT2D eigenvalue weighted by molar-refractivity contribution is 0.0162. The molecule has 0 radical (unpaired) electrons. The van der Waals surface area contributed by atoms with Gasteiger partial charge in [-0.3, -0.25) is 14.3 Å². The summed E-state index contributed by atoms with van der Waals surface area (Å²) < 4.78 is 32.9. The van der Waals surface area contributed by atoms with Gasteiger partial charge in [0.15, 0.2) is 0 Å². The molecule has 4 aromatic rings. The van der Waals surface area contributed by atoms with E-state index in [9.17, 15) is 19.2 Å². The lowest BCUT2D eigenvalue weighted by Crippen LogP contribution is -2.32. The Morgan fingerprint density at radius 3 is 1.71 bits per heavy atom. The van der Waals surface area contributed by atoms with Gasteiger partial charge in [-0.25, -0.2) is 19.4 Å². The Balaban J connectivity index is 0.000000415. The van der Waals surface area contributed by atoms with Crippen LogP contribution in [0, 0.1) is 13.8 Å². The van der Waals surface area contributed by atoms with Crippen LogP contribution in [0.1, 0.15) is 38.8 Å². The second kappa shape index (κ2) is 26.2. The Kier molecular flexibility index (Phi) is 23.1. The SMILES string of the molecule is CCO.Cc1cn(COCCOC(=O)c2ccccc2)c(=O)[nH]c1=O.Cc1cnc(O[Si](C)(C)C)nc1O[Si](C)(C)C.O=C(OCCOCCl)c1ccccc1. The van der Waals surface area contributed by atoms with Crippen molar-refractivity contribution < 1.29 is 42.5 Å². The van der Waals surface area contributed by atoms with E-state index < -0.39 is 33.9 Å². The van der Waals surface area contributed by atoms with E-state index in [1.807, 2.05) is 19.1 Å². The summed E-state index contributed by atoms with van der Waals surface area (Å²) in [6, 6.07) is 18.0. The van der Waals surface area contributed by atoms with Gasteiger partial charge in [0.25, 0.3) is 5.56 Å². The minimum Gasteiger partial charge on any atom is -0.531 e. The number of hydrogen-bond acceptors (Lipinski definition) is 13. The lowest BCUT2D eigenvalue weighted by atomic mass is 10.2. The average molecular weight is 835 g/mol. The molecule has 2 N–H and O–H groups in total. The molecule has 2 heterocycles. The molecule has 2 aromatic heterocycles. The number of rotatable bonds is 15. The number of nitrogens with zero attached hydrogens (tertiary/aromatic N) is 3. The molecule has 56 heavy (non-hydrogen) atoms. The standard InChI is InChI=1S/C15H16N2O5.C11H22N2O2Si2.C10H11ClO3.C2H6O/c1-11-9-17(15(20)16-13(11)18)10-21-7-8-22-14(19)12-5-3-2-4-6-12;1-9-8-12-11(15-17(5,6)7)13-10(9)14-16(2,3)4;11-8-13-6-7-14-10(12)9-4-2-1-3-5-9;1-2-3/h2-6,9H,7-8,10H2,1H3,(H,16,18,20);8H,1-7H3;1-5H,6-8H2;3H,2H2,1H3. The van der Waals surface area contributed by atoms with E-state index in [1.54, 1.807) is 68.6 Å². The second-order valence-electron chi connectivity index (χ2n) is 13.5. The summed E-state index contributed by atoms with van der Waals surface area (Å²) in [6.45, 7) is 18.9. The molecule has 0 bridgehead atoms. The van der Waals surface area contributed by atoms with Gasteiger partial charge in [0.1, 0.15) is 26.0 Å². The third-order valence-electron chi connectivity index (χ3n) is 6.14. The number of esters is 2. The summed E-state index contributed by atoms with van der Waals surface area (Å²) in [5, 5.41) is 7.57. The molecule has 0 aliphatic carbocycles. The summed E-state index contributed by atoms with van der Waals surface area (Å²) in [6.07, 6.45) is 3.18. The maximum absolute atomic E-state index is 11.6. The van der Waals surface area contributed by atoms with Crippen molar-refractivity contribution in [3.8, 4) is 11.9 Å². The molecule has 0 spiro atoms. The Bertz CT molecular complexity index is 1850. The Labute approximate surface area is 335 Å². The quantitative estimate of drug-likeness (QED) is 0.0620. The molecular formula is C38H55ClN4O11Si2. The first-order valence-electron chi connectivity index (χ1n) is 17.7. The summed E-state index contributed by atoms with van der Waals surface area (Å²) in [7, 11) is -3.31. The first-order chi connectivity index (χ1) is 26.4. The van der Waals surface area contributed by atoms with Crippen LogP contribution in [0.4, 0.5) is 0 Å². The molecule has 0 aliphatic rings. The molecule has 0 unspecified atom stereocenters. The van der Waals surface area contributed by atoms with Crippen molar-refractivity contribution in [1.29, 1.82) is 0 Å². The van der Waals surface area contributed by atoms with Gasteiger partial charge in [-0.15, -0.1) is 0 Å². The van der Waals surface area contributed by atoms with Crippen LogP contribution in [0.5, 0.6) is 11.9 Å². The summed E-state index contributed by atoms with van der Waals surface area (Å²) in [5.41, 5.74) is 1.41. The fourth-order valence-electron chi connectivity index (χ4n) is 3.76. The first-order valence-corrected chi connectivity index (χ1v) is 25.0. The van der Waals surface area contributed by atoms with Gasteiger partial charge in [-0.2, -0.15) is 4.98 Å². The third kappa shape index (κ3) is 22.0. The molecule has 18 heteroatoms. The fourth-order valence-corrected chi connectivity index (χ4v) is 5.30. The number of aromatic amines is 1. The number of alkyl halides is 1. The number of ether oxygens (including phenoxy) is 4. The van der Waals surface area contributed by atoms with Gasteiger partial charge in [-0.1, -0.05) is 48.0 Å². The number of benzene rings is 2. The number of nitrogens with one attached hydrogen (secondary N) is 1. The molecule has 308 valence electrons. The molecule has 0 fully saturated rings. The number of hydrogen-bond donors (Lipinski definition) is 2. The molecule has 0 saturated heterocycles. The van der Waals surface area contributed by atoms with E-state index in [0.29, 0.717) is 35.2 Å². The van der Waals surface area contributed by atoms with Crippen LogP contribution in [0.3, 0.4) is 0 Å². The topological polar surface area (TPSA) is 190 Å². The number of aromatic nitrogens is 4. The number of H-pyrrole nitrogens is 1. The predicted octanol–water partition coefficient (Wildman–Crippen LogP) is 5.94. The van der Waals surface area contributed by atoms with Crippen molar-refractivity contribution in [1.82, 2.24) is 19.5 Å². The van der Waals surface area contributed by atoms with Gasteiger partial charge < -0.3 is 32.9 Å². The van der Waals surface area contributed by atoms with Crippen molar-refractivity contribution in [3.05, 3.63) is 116 Å². The first kappa shape index (κ1) is 49.4. The van der Waals surface area contributed by atoms with E-state index in [-0.39, 0.29) is 45.2 Å². The maximum atomic E-state index is 11.6. The summed E-state index contributed by atoms with van der Waals surface area (Å²) in [5.74, 6) is -0.113. The molecule has 15 nitrogen and oxygen atoms in total. The van der Waals surface area contributed by atoms with Crippen molar-refractivity contribution >= 4 is 40.2 Å². The Morgan fingerprint density at radius 2 is 1.25 bits per heavy atom. The zero-order valence-corrected chi connectivity index (χ0v) is 36.4. The van der Waals surface area contributed by atoms with Crippen LogP contribution in [0.25, 0.3) is 0 Å². The number of aryl methyl sites for hydroxylation is 2. The van der Waals surface area contributed by atoms with Gasteiger partial charge in [0.2, 0.25) is 22.5 Å². The van der Waals surface area contributed by atoms with Crippen molar-refractivity contribution in [2.24, 2.45) is 0 Å². The predicted molar refractivity (Wildman–Crippen MR) is 220 cm³/mol. The van der Waals surface area contributed by atoms with E-state index >= 15 is 0 Å². The zero-order valence-electron chi connectivity index (χ0n) is 33.6. The highest BCUT2D eigenvalue weighted by Gasteiger charge is 2.22. The highest BCUT2D eigenvalue weighted by Crippen LogP contribution is 2.21. The van der Waals surface area contributed by atoms with Crippen LogP contribution in [-0.2, 0) is 25.7 Å². The summed E-state index contributed by atoms with van der Waals surface area (Å²) in [4.78, 5) is 56.4. The van der Waals surface area contributed by atoms with Gasteiger partial charge in [0, 0.05) is 30.1 Å². The molecule has 0 amide bonds. The minimum atomic E-state index is -1.67. The highest BCUT2D eigenvalue weighted by atomic mass is 35.5. The molecular weight excluding hydrogens is 780 g/mol. The molecule has 2 aromatic carbocycles. The Hall–Kier alpha value is -4.66. The van der Waals surface area contributed by atoms with Gasteiger partial charge in [-0.05, 0) is 84.3 Å². The van der Waals surface area contributed by atoms with Gasteiger partial charge >= 0.3 is 23.6 Å². The van der Waals surface area contributed by atoms with Gasteiger partial charge in [0.05, 0.1) is 24.3 Å². The van der Waals surface area contributed by atoms with Crippen LogP contribution >= 0.6 is 11.6 Å². The van der Waals surface area contributed by atoms with E-state index in [0.717, 1.165) is 5.56 Å². The molecule has 4 rings (SSSR count). The number of aliphatic hydroxyl groups excluding tert-OH is 1. The number of aliphatic hydroxyl groups is 1. The van der Waals surface area contributed by atoms with E-state index in [4.69, 9.17) is 44.5 Å². The van der Waals surface area contributed by atoms with E-state index in [1.165, 1.54) is 10.8 Å². The minimum absolute atomic E-state index is 0.0284. The maximum Gasteiger partial charge on any atom is 0.338 e.